The highest BCUT2D eigenvalue weighted by molar-refractivity contribution is 7.92. The summed E-state index contributed by atoms with van der Waals surface area (Å²) in [6.45, 7) is 3.41. The number of nitriles is 2. The molecule has 2 N–H and O–H groups in total. The van der Waals surface area contributed by atoms with E-state index in [1.54, 1.807) is 26.0 Å². The number of hydrogen-bond donors (Lipinski definition) is 2. The minimum absolute atomic E-state index is 0.0248. The van der Waals surface area contributed by atoms with E-state index in [0.717, 1.165) is 0 Å². The van der Waals surface area contributed by atoms with Crippen molar-refractivity contribution < 1.29 is 8.42 Å². The fraction of sp³-hybridized carbons (Fsp3) is 0.133. The van der Waals surface area contributed by atoms with Gasteiger partial charge in [-0.15, -0.1) is 0 Å². The molecule has 0 aliphatic carbocycles. The summed E-state index contributed by atoms with van der Waals surface area (Å²) in [4.78, 5) is 8.15. The molecular weight excluding hydrogens is 342 g/mol. The molecule has 0 bridgehead atoms. The Morgan fingerprint density at radius 3 is 2.32 bits per heavy atom. The molecule has 1 heterocycles. The Bertz CT molecular complexity index is 963. The van der Waals surface area contributed by atoms with Gasteiger partial charge in [-0.1, -0.05) is 0 Å². The Hall–Kier alpha value is -3.50. The van der Waals surface area contributed by atoms with Gasteiger partial charge in [0.1, 0.15) is 23.8 Å². The summed E-state index contributed by atoms with van der Waals surface area (Å²) in [5.74, 6) is 0.644. The minimum atomic E-state index is -3.81. The number of sulfonamides is 1. The van der Waals surface area contributed by atoms with E-state index in [9.17, 15) is 8.42 Å². The van der Waals surface area contributed by atoms with Gasteiger partial charge in [-0.05, 0) is 38.1 Å². The third-order valence-electron chi connectivity index (χ3n) is 2.88. The third-order valence-corrected chi connectivity index (χ3v) is 4.25. The van der Waals surface area contributed by atoms with E-state index in [1.165, 1.54) is 30.3 Å². The smallest absolute Gasteiger partial charge is 0.263 e. The number of benzene rings is 1. The van der Waals surface area contributed by atoms with Gasteiger partial charge in [0, 0.05) is 11.8 Å². The first-order chi connectivity index (χ1) is 11.8. The first-order valence-electron chi connectivity index (χ1n) is 6.93. The molecule has 25 heavy (non-hydrogen) atoms. The predicted molar refractivity (Wildman–Crippen MR) is 91.0 cm³/mol. The molecule has 9 nitrogen and oxygen atoms in total. The monoisotopic (exact) mass is 355 g/mol. The summed E-state index contributed by atoms with van der Waals surface area (Å²) >= 11 is 0. The van der Waals surface area contributed by atoms with Gasteiger partial charge < -0.3 is 0 Å². The van der Waals surface area contributed by atoms with Crippen molar-refractivity contribution in [1.29, 1.82) is 10.5 Å². The van der Waals surface area contributed by atoms with Gasteiger partial charge >= 0.3 is 0 Å². The molecule has 0 aliphatic heterocycles. The van der Waals surface area contributed by atoms with E-state index in [1.807, 2.05) is 0 Å². The Labute approximate surface area is 144 Å². The largest absolute Gasteiger partial charge is 0.277 e. The van der Waals surface area contributed by atoms with Gasteiger partial charge in [-0.25, -0.2) is 18.4 Å². The van der Waals surface area contributed by atoms with Crippen molar-refractivity contribution in [1.82, 2.24) is 9.97 Å². The van der Waals surface area contributed by atoms with Crippen LogP contribution in [0.4, 0.5) is 11.5 Å². The second-order valence-corrected chi connectivity index (χ2v) is 6.55. The molecule has 0 unspecified atom stereocenters. The maximum absolute atomic E-state index is 12.4. The average molecular weight is 355 g/mol. The van der Waals surface area contributed by atoms with Crippen LogP contribution < -0.4 is 10.1 Å². The number of aromatic nitrogens is 2. The number of hydrazone groups is 1. The fourth-order valence-electron chi connectivity index (χ4n) is 1.87. The summed E-state index contributed by atoms with van der Waals surface area (Å²) in [5, 5.41) is 20.8. The predicted octanol–water partition coefficient (Wildman–Crippen LogP) is 1.71. The van der Waals surface area contributed by atoms with Crippen molar-refractivity contribution in [2.24, 2.45) is 5.10 Å². The van der Waals surface area contributed by atoms with Crippen LogP contribution in [-0.2, 0) is 10.0 Å². The van der Waals surface area contributed by atoms with E-state index in [-0.39, 0.29) is 16.4 Å². The highest BCUT2D eigenvalue weighted by Crippen LogP contribution is 2.17. The van der Waals surface area contributed by atoms with Crippen molar-refractivity contribution in [3.05, 3.63) is 41.9 Å². The second-order valence-electron chi connectivity index (χ2n) is 4.87. The Morgan fingerprint density at radius 2 is 1.76 bits per heavy atom. The third kappa shape index (κ3) is 4.73. The molecular formula is C15H13N7O2S. The van der Waals surface area contributed by atoms with Gasteiger partial charge in [0.05, 0.1) is 10.6 Å². The van der Waals surface area contributed by atoms with E-state index in [0.29, 0.717) is 17.2 Å². The van der Waals surface area contributed by atoms with Gasteiger partial charge in [0.25, 0.3) is 10.0 Å². The summed E-state index contributed by atoms with van der Waals surface area (Å²) < 4.78 is 27.2. The number of nitrogens with one attached hydrogen (secondary N) is 2. The lowest BCUT2D eigenvalue weighted by atomic mass is 10.3. The van der Waals surface area contributed by atoms with Crippen molar-refractivity contribution >= 4 is 27.2 Å². The van der Waals surface area contributed by atoms with Crippen LogP contribution in [0.25, 0.3) is 0 Å². The van der Waals surface area contributed by atoms with Crippen molar-refractivity contribution in [3.8, 4) is 12.1 Å². The topological polar surface area (TPSA) is 144 Å². The average Bonchev–Trinajstić information content (AvgIpc) is 2.55. The molecule has 126 valence electrons. The summed E-state index contributed by atoms with van der Waals surface area (Å²) in [5.41, 5.74) is 3.23. The van der Waals surface area contributed by atoms with Crippen LogP contribution in [0.15, 0.2) is 40.3 Å². The zero-order chi connectivity index (χ0) is 18.4. The Balaban J connectivity index is 2.19. The van der Waals surface area contributed by atoms with Gasteiger partial charge in [-0.2, -0.15) is 15.6 Å². The van der Waals surface area contributed by atoms with Crippen molar-refractivity contribution in [3.63, 3.8) is 0 Å². The number of hydrogen-bond acceptors (Lipinski definition) is 8. The van der Waals surface area contributed by atoms with Crippen LogP contribution in [0, 0.1) is 36.5 Å². The van der Waals surface area contributed by atoms with Crippen LogP contribution in [0.5, 0.6) is 0 Å². The first-order valence-corrected chi connectivity index (χ1v) is 8.41. The van der Waals surface area contributed by atoms with Crippen LogP contribution in [0.2, 0.25) is 0 Å². The minimum Gasteiger partial charge on any atom is -0.277 e. The van der Waals surface area contributed by atoms with Gasteiger partial charge in [0.15, 0.2) is 0 Å². The Kier molecular flexibility index (Phi) is 5.27. The lowest BCUT2D eigenvalue weighted by Gasteiger charge is -2.09. The summed E-state index contributed by atoms with van der Waals surface area (Å²) in [6, 6.07) is 10.4. The number of anilines is 2. The molecule has 1 aromatic carbocycles. The SMILES string of the molecule is Cc1cc(NS(=O)(=O)c2ccc(NN=C(C#N)C#N)cc2)nc(C)n1. The summed E-state index contributed by atoms with van der Waals surface area (Å²) in [7, 11) is -3.81. The van der Waals surface area contributed by atoms with E-state index < -0.39 is 10.0 Å². The molecule has 2 rings (SSSR count). The lowest BCUT2D eigenvalue weighted by molar-refractivity contribution is 0.601. The zero-order valence-electron chi connectivity index (χ0n) is 13.3. The molecule has 0 amide bonds. The fourth-order valence-corrected chi connectivity index (χ4v) is 2.86. The molecule has 10 heteroatoms. The molecule has 2 aromatic rings. The Morgan fingerprint density at radius 1 is 1.12 bits per heavy atom. The van der Waals surface area contributed by atoms with Crippen LogP contribution in [-0.4, -0.2) is 24.1 Å². The van der Waals surface area contributed by atoms with Crippen LogP contribution in [0.3, 0.4) is 0 Å². The number of aryl methyl sites for hydroxylation is 2. The molecule has 0 aliphatic rings. The zero-order valence-corrected chi connectivity index (χ0v) is 14.2. The maximum atomic E-state index is 12.4. The molecule has 0 fully saturated rings. The maximum Gasteiger partial charge on any atom is 0.263 e. The molecule has 0 saturated heterocycles. The van der Waals surface area contributed by atoms with Gasteiger partial charge in [0.2, 0.25) is 5.71 Å². The first kappa shape index (κ1) is 17.8. The van der Waals surface area contributed by atoms with Crippen molar-refractivity contribution in [2.45, 2.75) is 18.7 Å². The summed E-state index contributed by atoms with van der Waals surface area (Å²) in [6.07, 6.45) is 0. The quantitative estimate of drug-likeness (QED) is 0.613. The molecule has 0 saturated carbocycles. The van der Waals surface area contributed by atoms with Crippen LogP contribution >= 0.6 is 0 Å². The van der Waals surface area contributed by atoms with E-state index >= 15 is 0 Å². The second kappa shape index (κ2) is 7.38. The normalized spacial score (nSPS) is 10.2. The number of rotatable bonds is 5. The molecule has 0 radical (unpaired) electrons. The standard InChI is InChI=1S/C15H13N7O2S/c1-10-7-15(19-11(2)18-10)22-25(23,24)14-5-3-12(4-6-14)20-21-13(8-16)9-17/h3-7,20H,1-2H3,(H,18,19,22). The molecule has 0 atom stereocenters. The lowest BCUT2D eigenvalue weighted by Crippen LogP contribution is -2.14. The van der Waals surface area contributed by atoms with Crippen molar-refractivity contribution in [2.75, 3.05) is 10.1 Å². The highest BCUT2D eigenvalue weighted by atomic mass is 32.2. The number of nitrogens with zero attached hydrogens (tertiary/aromatic N) is 5. The van der Waals surface area contributed by atoms with E-state index in [4.69, 9.17) is 10.5 Å². The molecule has 1 aromatic heterocycles. The highest BCUT2D eigenvalue weighted by Gasteiger charge is 2.15. The molecule has 0 spiro atoms. The van der Waals surface area contributed by atoms with Gasteiger partial charge in [-0.3, -0.25) is 10.1 Å². The van der Waals surface area contributed by atoms with E-state index in [2.05, 4.69) is 25.2 Å². The van der Waals surface area contributed by atoms with Crippen LogP contribution in [0.1, 0.15) is 11.5 Å².